The molecule has 1 atom stereocenters. The zero-order valence-corrected chi connectivity index (χ0v) is 19.2. The molecule has 1 saturated carbocycles. The summed E-state index contributed by atoms with van der Waals surface area (Å²) in [6, 6.07) is 10.1. The van der Waals surface area contributed by atoms with E-state index in [2.05, 4.69) is 68.7 Å². The molecule has 3 rings (SSSR count). The molecule has 0 radical (unpaired) electrons. The third-order valence-electron chi connectivity index (χ3n) is 7.58. The van der Waals surface area contributed by atoms with Crippen molar-refractivity contribution in [2.45, 2.75) is 85.6 Å². The fourth-order valence-electron chi connectivity index (χ4n) is 5.48. The molecule has 1 heterocycles. The molecule has 1 saturated heterocycles. The van der Waals surface area contributed by atoms with E-state index in [1.165, 1.54) is 76.0 Å². The van der Waals surface area contributed by atoms with Gasteiger partial charge in [0.1, 0.15) is 0 Å². The fourth-order valence-corrected chi connectivity index (χ4v) is 5.48. The summed E-state index contributed by atoms with van der Waals surface area (Å²) in [5.74, 6) is 1.79. The molecule has 1 aromatic rings. The second-order valence-electron chi connectivity index (χ2n) is 10.4. The third-order valence-corrected chi connectivity index (χ3v) is 7.58. The van der Waals surface area contributed by atoms with Gasteiger partial charge in [-0.3, -0.25) is 4.90 Å². The molecule has 158 valence electrons. The molecule has 2 nitrogen and oxygen atoms in total. The molecule has 28 heavy (non-hydrogen) atoms. The Labute approximate surface area is 174 Å². The van der Waals surface area contributed by atoms with Gasteiger partial charge in [0.05, 0.1) is 0 Å². The van der Waals surface area contributed by atoms with E-state index in [-0.39, 0.29) is 0 Å². The second-order valence-corrected chi connectivity index (χ2v) is 10.4. The maximum atomic E-state index is 2.85. The van der Waals surface area contributed by atoms with Gasteiger partial charge >= 0.3 is 0 Å². The van der Waals surface area contributed by atoms with E-state index < -0.39 is 0 Å². The first-order valence-electron chi connectivity index (χ1n) is 12.0. The maximum absolute atomic E-state index is 2.85. The first-order chi connectivity index (χ1) is 13.4. The minimum atomic E-state index is 0.479. The van der Waals surface area contributed by atoms with Gasteiger partial charge in [0.2, 0.25) is 0 Å². The molecule has 2 heteroatoms. The average molecular weight is 385 g/mol. The predicted molar refractivity (Wildman–Crippen MR) is 123 cm³/mol. The fraction of sp³-hybridized carbons (Fsp3) is 0.769. The normalized spacial score (nSPS) is 27.2. The van der Waals surface area contributed by atoms with Gasteiger partial charge < -0.3 is 4.90 Å². The van der Waals surface area contributed by atoms with Crippen molar-refractivity contribution in [2.75, 3.05) is 31.1 Å². The molecular formula is C26H44N2. The molecule has 0 aromatic heterocycles. The van der Waals surface area contributed by atoms with Crippen molar-refractivity contribution in [1.29, 1.82) is 0 Å². The van der Waals surface area contributed by atoms with Crippen LogP contribution in [0.3, 0.4) is 0 Å². The SMILES string of the molecule is CCCCN1CCN(c2ccc(CC)cc2)CC1C1CCC(C(C)(C)C)CC1. The van der Waals surface area contributed by atoms with Gasteiger partial charge in [0.15, 0.2) is 0 Å². The van der Waals surface area contributed by atoms with E-state index in [0.29, 0.717) is 5.41 Å². The molecule has 0 amide bonds. The van der Waals surface area contributed by atoms with Gasteiger partial charge in [-0.2, -0.15) is 0 Å². The predicted octanol–water partition coefficient (Wildman–Crippen LogP) is 6.39. The summed E-state index contributed by atoms with van der Waals surface area (Å²) in [6.45, 7) is 16.8. The molecule has 1 unspecified atom stereocenters. The van der Waals surface area contributed by atoms with Gasteiger partial charge in [-0.25, -0.2) is 0 Å². The first kappa shape index (κ1) is 21.7. The molecule has 1 aromatic carbocycles. The summed E-state index contributed by atoms with van der Waals surface area (Å²) in [5.41, 5.74) is 3.36. The van der Waals surface area contributed by atoms with Crippen molar-refractivity contribution < 1.29 is 0 Å². The lowest BCUT2D eigenvalue weighted by Gasteiger charge is -2.48. The minimum Gasteiger partial charge on any atom is -0.369 e. The number of anilines is 1. The molecule has 1 aliphatic carbocycles. The van der Waals surface area contributed by atoms with Crippen LogP contribution in [0.5, 0.6) is 0 Å². The van der Waals surface area contributed by atoms with Crippen LogP contribution in [0.1, 0.15) is 78.7 Å². The lowest BCUT2D eigenvalue weighted by atomic mass is 9.68. The Morgan fingerprint density at radius 1 is 0.929 bits per heavy atom. The zero-order chi connectivity index (χ0) is 20.1. The highest BCUT2D eigenvalue weighted by Gasteiger charge is 2.37. The van der Waals surface area contributed by atoms with Crippen LogP contribution in [0.15, 0.2) is 24.3 Å². The van der Waals surface area contributed by atoms with Gasteiger partial charge in [-0.05, 0) is 80.0 Å². The van der Waals surface area contributed by atoms with Crippen LogP contribution in [-0.2, 0) is 6.42 Å². The molecule has 0 bridgehead atoms. The lowest BCUT2D eigenvalue weighted by molar-refractivity contribution is 0.0700. The molecule has 1 aliphatic heterocycles. The van der Waals surface area contributed by atoms with Gasteiger partial charge in [-0.15, -0.1) is 0 Å². The summed E-state index contributed by atoms with van der Waals surface area (Å²) >= 11 is 0. The number of rotatable bonds is 6. The number of piperazine rings is 1. The van der Waals surface area contributed by atoms with Crippen LogP contribution in [0.2, 0.25) is 0 Å². The van der Waals surface area contributed by atoms with Gasteiger partial charge in [0.25, 0.3) is 0 Å². The Morgan fingerprint density at radius 2 is 1.61 bits per heavy atom. The van der Waals surface area contributed by atoms with E-state index in [1.54, 1.807) is 0 Å². The summed E-state index contributed by atoms with van der Waals surface area (Å²) in [6.07, 6.45) is 9.50. The van der Waals surface area contributed by atoms with E-state index >= 15 is 0 Å². The topological polar surface area (TPSA) is 6.48 Å². The summed E-state index contributed by atoms with van der Waals surface area (Å²) in [7, 11) is 0. The standard InChI is InChI=1S/C26H44N2/c1-6-8-17-27-18-19-28(24-15-9-21(7-2)10-16-24)20-25(27)22-11-13-23(14-12-22)26(3,4)5/h9-10,15-16,22-23,25H,6-8,11-14,17-20H2,1-5H3. The molecule has 0 spiro atoms. The van der Waals surface area contributed by atoms with Crippen molar-refractivity contribution in [3.8, 4) is 0 Å². The quantitative estimate of drug-likeness (QED) is 0.560. The minimum absolute atomic E-state index is 0.479. The zero-order valence-electron chi connectivity index (χ0n) is 19.2. The number of hydrogen-bond donors (Lipinski definition) is 0. The van der Waals surface area contributed by atoms with E-state index in [9.17, 15) is 0 Å². The van der Waals surface area contributed by atoms with Crippen molar-refractivity contribution in [3.63, 3.8) is 0 Å². The molecular weight excluding hydrogens is 340 g/mol. The highest BCUT2D eigenvalue weighted by atomic mass is 15.3. The van der Waals surface area contributed by atoms with Crippen molar-refractivity contribution in [3.05, 3.63) is 29.8 Å². The second kappa shape index (κ2) is 9.65. The van der Waals surface area contributed by atoms with Gasteiger partial charge in [-0.1, -0.05) is 53.2 Å². The van der Waals surface area contributed by atoms with Crippen molar-refractivity contribution in [2.24, 2.45) is 17.3 Å². The van der Waals surface area contributed by atoms with Gasteiger partial charge in [0, 0.05) is 31.4 Å². The Kier molecular flexibility index (Phi) is 7.48. The first-order valence-corrected chi connectivity index (χ1v) is 12.0. The highest BCUT2D eigenvalue weighted by molar-refractivity contribution is 5.48. The van der Waals surface area contributed by atoms with Crippen LogP contribution in [0.4, 0.5) is 5.69 Å². The number of nitrogens with zero attached hydrogens (tertiary/aromatic N) is 2. The van der Waals surface area contributed by atoms with Crippen molar-refractivity contribution >= 4 is 5.69 Å². The maximum Gasteiger partial charge on any atom is 0.0367 e. The lowest BCUT2D eigenvalue weighted by Crippen LogP contribution is -2.56. The number of benzene rings is 1. The molecule has 0 N–H and O–H groups in total. The Hall–Kier alpha value is -1.02. The Morgan fingerprint density at radius 3 is 2.18 bits per heavy atom. The van der Waals surface area contributed by atoms with Crippen LogP contribution < -0.4 is 4.90 Å². The van der Waals surface area contributed by atoms with Crippen LogP contribution >= 0.6 is 0 Å². The monoisotopic (exact) mass is 384 g/mol. The smallest absolute Gasteiger partial charge is 0.0367 e. The van der Waals surface area contributed by atoms with Crippen molar-refractivity contribution in [1.82, 2.24) is 4.90 Å². The highest BCUT2D eigenvalue weighted by Crippen LogP contribution is 2.42. The van der Waals surface area contributed by atoms with Crippen LogP contribution in [-0.4, -0.2) is 37.1 Å². The average Bonchev–Trinajstić information content (AvgIpc) is 2.71. The van der Waals surface area contributed by atoms with E-state index in [0.717, 1.165) is 24.3 Å². The summed E-state index contributed by atoms with van der Waals surface area (Å²) in [4.78, 5) is 5.52. The molecule has 2 aliphatic rings. The molecule has 2 fully saturated rings. The van der Waals surface area contributed by atoms with E-state index in [4.69, 9.17) is 0 Å². The Bertz CT molecular complexity index is 577. The van der Waals surface area contributed by atoms with Crippen LogP contribution in [0.25, 0.3) is 0 Å². The number of hydrogen-bond acceptors (Lipinski definition) is 2. The van der Waals surface area contributed by atoms with Crippen LogP contribution in [0, 0.1) is 17.3 Å². The Balaban J connectivity index is 1.68. The number of aryl methyl sites for hydroxylation is 1. The number of unbranched alkanes of at least 4 members (excludes halogenated alkanes) is 1. The largest absolute Gasteiger partial charge is 0.369 e. The summed E-state index contributed by atoms with van der Waals surface area (Å²) < 4.78 is 0. The third kappa shape index (κ3) is 5.32. The van der Waals surface area contributed by atoms with E-state index in [1.807, 2.05) is 0 Å². The summed E-state index contributed by atoms with van der Waals surface area (Å²) in [5, 5.41) is 0.